The summed E-state index contributed by atoms with van der Waals surface area (Å²) in [5, 5.41) is 2.80. The monoisotopic (exact) mass is 458 g/mol. The number of benzene rings is 1. The summed E-state index contributed by atoms with van der Waals surface area (Å²) in [6.07, 6.45) is 7.07. The van der Waals surface area contributed by atoms with Gasteiger partial charge in [0.25, 0.3) is 11.1 Å². The van der Waals surface area contributed by atoms with E-state index in [1.54, 1.807) is 24.3 Å². The smallest absolute Gasteiger partial charge is 0.321 e. The highest BCUT2D eigenvalue weighted by molar-refractivity contribution is 8.16. The van der Waals surface area contributed by atoms with Crippen molar-refractivity contribution in [3.8, 4) is 0 Å². The first kappa shape index (κ1) is 22.7. The molecule has 32 heavy (non-hydrogen) atoms. The van der Waals surface area contributed by atoms with E-state index in [4.69, 9.17) is 14.2 Å². The fourth-order valence-electron chi connectivity index (χ4n) is 3.99. The van der Waals surface area contributed by atoms with Gasteiger partial charge in [0.1, 0.15) is 12.0 Å². The minimum Gasteiger partial charge on any atom is -0.460 e. The third-order valence-corrected chi connectivity index (χ3v) is 7.20. The number of allylic oxidation sites excluding steroid dienone is 3. The Labute approximate surface area is 190 Å². The molecule has 2 unspecified atom stereocenters. The van der Waals surface area contributed by atoms with Gasteiger partial charge in [-0.15, -0.1) is 0 Å². The lowest BCUT2D eigenvalue weighted by molar-refractivity contribution is -0.175. The predicted octanol–water partition coefficient (Wildman–Crippen LogP) is 2.26. The molecule has 8 nitrogen and oxygen atoms in total. The van der Waals surface area contributed by atoms with Crippen molar-refractivity contribution in [1.82, 2.24) is 10.2 Å². The standard InChI is InChI=1S/C23H26N2O6S/c1-25-19(26)23(32-21(25)28,31-16-18-15-29-13-12-24-18)22(10-6-3-7-11-22)20(27)30-14-17-8-4-2-5-9-17/h2-10,18,24H,11-16H2,1H3/t18-,22?,23?/m0/s1. The zero-order chi connectivity index (χ0) is 22.6. The predicted molar refractivity (Wildman–Crippen MR) is 119 cm³/mol. The number of hydrogen-bond acceptors (Lipinski definition) is 8. The first-order valence-corrected chi connectivity index (χ1v) is 11.3. The Kier molecular flexibility index (Phi) is 6.80. The molecule has 4 rings (SSSR count). The van der Waals surface area contributed by atoms with Crippen LogP contribution in [0.5, 0.6) is 0 Å². The van der Waals surface area contributed by atoms with Crippen molar-refractivity contribution >= 4 is 28.9 Å². The van der Waals surface area contributed by atoms with Gasteiger partial charge in [0, 0.05) is 13.6 Å². The van der Waals surface area contributed by atoms with Crippen LogP contribution in [0.3, 0.4) is 0 Å². The Morgan fingerprint density at radius 3 is 2.72 bits per heavy atom. The van der Waals surface area contributed by atoms with Crippen LogP contribution in [0.1, 0.15) is 12.0 Å². The second-order valence-electron chi connectivity index (χ2n) is 7.91. The zero-order valence-corrected chi connectivity index (χ0v) is 18.6. The minimum absolute atomic E-state index is 0.0513. The van der Waals surface area contributed by atoms with Gasteiger partial charge in [-0.2, -0.15) is 0 Å². The summed E-state index contributed by atoms with van der Waals surface area (Å²) in [7, 11) is 1.40. The number of thioether (sulfide) groups is 1. The van der Waals surface area contributed by atoms with Crippen molar-refractivity contribution in [3.63, 3.8) is 0 Å². The third kappa shape index (κ3) is 4.13. The van der Waals surface area contributed by atoms with Gasteiger partial charge in [0.2, 0.25) is 4.93 Å². The first-order valence-electron chi connectivity index (χ1n) is 10.5. The van der Waals surface area contributed by atoms with E-state index < -0.39 is 27.5 Å². The van der Waals surface area contributed by atoms with Crippen LogP contribution in [0.15, 0.2) is 54.6 Å². The molecule has 3 atom stereocenters. The third-order valence-electron chi connectivity index (χ3n) is 5.81. The molecule has 2 heterocycles. The number of imide groups is 1. The lowest BCUT2D eigenvalue weighted by Crippen LogP contribution is -2.59. The van der Waals surface area contributed by atoms with Gasteiger partial charge in [0.05, 0.1) is 25.9 Å². The fraction of sp³-hybridized carbons (Fsp3) is 0.435. The van der Waals surface area contributed by atoms with Crippen molar-refractivity contribution in [2.75, 3.05) is 33.4 Å². The van der Waals surface area contributed by atoms with Gasteiger partial charge in [0.15, 0.2) is 0 Å². The molecule has 0 aromatic heterocycles. The van der Waals surface area contributed by atoms with Gasteiger partial charge in [-0.1, -0.05) is 54.6 Å². The molecule has 170 valence electrons. The summed E-state index contributed by atoms with van der Waals surface area (Å²) >= 11 is 0.734. The number of hydrogen-bond donors (Lipinski definition) is 1. The van der Waals surface area contributed by atoms with Crippen molar-refractivity contribution in [2.24, 2.45) is 5.41 Å². The SMILES string of the molecule is CN1C(=O)SC(OC[C@@H]2COCCN2)(C2(C(=O)OCc3ccccc3)C=CC=CC2)C1=O. The van der Waals surface area contributed by atoms with Crippen LogP contribution in [0.25, 0.3) is 0 Å². The topological polar surface area (TPSA) is 94.2 Å². The summed E-state index contributed by atoms with van der Waals surface area (Å²) in [5.41, 5.74) is -0.669. The molecule has 2 amide bonds. The van der Waals surface area contributed by atoms with Crippen LogP contribution in [0.4, 0.5) is 4.79 Å². The van der Waals surface area contributed by atoms with Gasteiger partial charge in [-0.05, 0) is 23.7 Å². The van der Waals surface area contributed by atoms with Crippen LogP contribution in [0.2, 0.25) is 0 Å². The summed E-state index contributed by atoms with van der Waals surface area (Å²) in [6, 6.07) is 9.14. The average molecular weight is 459 g/mol. The largest absolute Gasteiger partial charge is 0.460 e. The van der Waals surface area contributed by atoms with Crippen LogP contribution in [-0.2, 0) is 30.4 Å². The molecule has 1 aromatic carbocycles. The Morgan fingerprint density at radius 1 is 1.28 bits per heavy atom. The van der Waals surface area contributed by atoms with E-state index in [2.05, 4.69) is 5.32 Å². The number of carbonyl (C=O) groups excluding carboxylic acids is 3. The van der Waals surface area contributed by atoms with Crippen LogP contribution in [-0.4, -0.2) is 66.4 Å². The number of carbonyl (C=O) groups is 3. The fourth-order valence-corrected chi connectivity index (χ4v) is 5.22. The summed E-state index contributed by atoms with van der Waals surface area (Å²) in [4.78, 5) is 38.8. The van der Waals surface area contributed by atoms with E-state index in [9.17, 15) is 14.4 Å². The maximum absolute atomic E-state index is 13.6. The molecule has 1 aromatic rings. The number of nitrogens with one attached hydrogen (secondary N) is 1. The summed E-state index contributed by atoms with van der Waals surface area (Å²) in [6.45, 7) is 1.83. The van der Waals surface area contributed by atoms with Gasteiger partial charge in [-0.25, -0.2) is 0 Å². The van der Waals surface area contributed by atoms with Gasteiger partial charge in [-0.3, -0.25) is 19.3 Å². The molecule has 3 aliphatic rings. The lowest BCUT2D eigenvalue weighted by atomic mass is 9.75. The summed E-state index contributed by atoms with van der Waals surface area (Å²) < 4.78 is 17.4. The van der Waals surface area contributed by atoms with Gasteiger partial charge >= 0.3 is 5.97 Å². The molecule has 0 saturated carbocycles. The van der Waals surface area contributed by atoms with Crippen molar-refractivity contribution < 1.29 is 28.6 Å². The first-order chi connectivity index (χ1) is 15.5. The summed E-state index contributed by atoms with van der Waals surface area (Å²) in [5.74, 6) is -1.18. The number of ether oxygens (including phenoxy) is 3. The van der Waals surface area contributed by atoms with E-state index in [-0.39, 0.29) is 25.7 Å². The molecule has 9 heteroatoms. The molecule has 1 N–H and O–H groups in total. The Morgan fingerprint density at radius 2 is 2.09 bits per heavy atom. The van der Waals surface area contributed by atoms with Crippen molar-refractivity contribution in [1.29, 1.82) is 0 Å². The molecule has 0 spiro atoms. The Hall–Kier alpha value is -2.46. The van der Waals surface area contributed by atoms with E-state index in [1.807, 2.05) is 30.3 Å². The van der Waals surface area contributed by atoms with Crippen LogP contribution in [0, 0.1) is 5.41 Å². The average Bonchev–Trinajstić information content (AvgIpc) is 3.07. The van der Waals surface area contributed by atoms with E-state index in [1.165, 1.54) is 7.05 Å². The number of amides is 2. The van der Waals surface area contributed by atoms with Gasteiger partial charge < -0.3 is 19.5 Å². The number of nitrogens with zero attached hydrogens (tertiary/aromatic N) is 1. The molecule has 2 fully saturated rings. The van der Waals surface area contributed by atoms with Crippen molar-refractivity contribution in [2.45, 2.75) is 24.0 Å². The minimum atomic E-state index is -1.77. The maximum Gasteiger partial charge on any atom is 0.321 e. The van der Waals surface area contributed by atoms with Crippen LogP contribution < -0.4 is 5.32 Å². The molecule has 2 aliphatic heterocycles. The molecular weight excluding hydrogens is 432 g/mol. The maximum atomic E-state index is 13.6. The van der Waals surface area contributed by atoms with Crippen LogP contribution >= 0.6 is 11.8 Å². The normalized spacial score (nSPS) is 30.0. The quantitative estimate of drug-likeness (QED) is 0.622. The second-order valence-corrected chi connectivity index (χ2v) is 9.04. The molecule has 0 radical (unpaired) electrons. The molecule has 1 aliphatic carbocycles. The highest BCUT2D eigenvalue weighted by Gasteiger charge is 2.68. The highest BCUT2D eigenvalue weighted by Crippen LogP contribution is 2.54. The molecule has 2 saturated heterocycles. The molecular formula is C23H26N2O6S. The number of likely N-dealkylation sites (N-methyl/N-ethyl adjacent to an activating group) is 1. The van der Waals surface area contributed by atoms with Crippen molar-refractivity contribution in [3.05, 3.63) is 60.2 Å². The second kappa shape index (κ2) is 9.58. The molecule has 0 bridgehead atoms. The van der Waals surface area contributed by atoms with E-state index in [0.29, 0.717) is 19.8 Å². The number of morpholine rings is 1. The lowest BCUT2D eigenvalue weighted by Gasteiger charge is -2.42. The zero-order valence-electron chi connectivity index (χ0n) is 17.8. The number of esters is 1. The Bertz CT molecular complexity index is 930. The van der Waals surface area contributed by atoms with E-state index >= 15 is 0 Å². The number of rotatable bonds is 7. The van der Waals surface area contributed by atoms with E-state index in [0.717, 1.165) is 22.2 Å². The highest BCUT2D eigenvalue weighted by atomic mass is 32.2. The Balaban J connectivity index is 1.65.